The fourth-order valence-electron chi connectivity index (χ4n) is 2.73. The zero-order chi connectivity index (χ0) is 13.4. The molecule has 1 aliphatic rings. The van der Waals surface area contributed by atoms with Gasteiger partial charge in [0.15, 0.2) is 5.82 Å². The van der Waals surface area contributed by atoms with Crippen molar-refractivity contribution in [2.75, 3.05) is 0 Å². The third kappa shape index (κ3) is 1.86. The molecule has 0 bridgehead atoms. The Morgan fingerprint density at radius 1 is 1.10 bits per heavy atom. The number of tetrazole rings is 1. The first-order chi connectivity index (χ1) is 9.88. The summed E-state index contributed by atoms with van der Waals surface area (Å²) in [5.41, 5.74) is 1.35. The molecule has 1 fully saturated rings. The van der Waals surface area contributed by atoms with Gasteiger partial charge in [0.1, 0.15) is 0 Å². The molecular formula is C15H14N4S. The van der Waals surface area contributed by atoms with E-state index in [1.54, 1.807) is 11.3 Å². The van der Waals surface area contributed by atoms with Crippen LogP contribution in [0.15, 0.2) is 47.8 Å². The van der Waals surface area contributed by atoms with Crippen LogP contribution in [0.5, 0.6) is 0 Å². The minimum Gasteiger partial charge on any atom is -0.223 e. The predicted molar refractivity (Wildman–Crippen MR) is 77.7 cm³/mol. The first kappa shape index (κ1) is 11.8. The van der Waals surface area contributed by atoms with Gasteiger partial charge < -0.3 is 0 Å². The van der Waals surface area contributed by atoms with Crippen LogP contribution in [-0.4, -0.2) is 20.2 Å². The topological polar surface area (TPSA) is 43.6 Å². The van der Waals surface area contributed by atoms with Crippen molar-refractivity contribution in [1.29, 1.82) is 0 Å². The average Bonchev–Trinajstić information content (AvgIpc) is 2.91. The van der Waals surface area contributed by atoms with Gasteiger partial charge in [-0.3, -0.25) is 0 Å². The molecule has 4 rings (SSSR count). The molecule has 100 valence electrons. The van der Waals surface area contributed by atoms with E-state index in [0.717, 1.165) is 25.2 Å². The fraction of sp³-hybridized carbons (Fsp3) is 0.267. The Hall–Kier alpha value is -2.01. The monoisotopic (exact) mass is 282 g/mol. The van der Waals surface area contributed by atoms with Crippen molar-refractivity contribution in [3.05, 3.63) is 64.1 Å². The Bertz CT molecular complexity index is 699. The van der Waals surface area contributed by atoms with Crippen molar-refractivity contribution in [2.24, 2.45) is 0 Å². The number of rotatable bonds is 4. The van der Waals surface area contributed by atoms with E-state index in [1.807, 2.05) is 10.7 Å². The maximum Gasteiger partial charge on any atom is 0.162 e. The molecule has 3 aromatic rings. The number of nitrogens with zero attached hydrogens (tertiary/aromatic N) is 4. The minimum atomic E-state index is 0.0298. The summed E-state index contributed by atoms with van der Waals surface area (Å²) in [5.74, 6) is 0.997. The van der Waals surface area contributed by atoms with Gasteiger partial charge in [0.2, 0.25) is 0 Å². The molecule has 0 N–H and O–H groups in total. The van der Waals surface area contributed by atoms with Crippen molar-refractivity contribution in [3.8, 4) is 0 Å². The molecule has 2 aromatic heterocycles. The molecule has 1 aromatic carbocycles. The lowest BCUT2D eigenvalue weighted by atomic mass is 9.95. The van der Waals surface area contributed by atoms with Crippen molar-refractivity contribution in [3.63, 3.8) is 0 Å². The molecule has 1 saturated carbocycles. The second-order valence-electron chi connectivity index (χ2n) is 5.19. The molecule has 20 heavy (non-hydrogen) atoms. The van der Waals surface area contributed by atoms with E-state index in [2.05, 4.69) is 57.3 Å². The van der Waals surface area contributed by atoms with Gasteiger partial charge in [-0.15, -0.1) is 16.4 Å². The quantitative estimate of drug-likeness (QED) is 0.739. The van der Waals surface area contributed by atoms with Gasteiger partial charge in [0.05, 0.1) is 12.0 Å². The van der Waals surface area contributed by atoms with Gasteiger partial charge in [0, 0.05) is 4.88 Å². The van der Waals surface area contributed by atoms with Crippen molar-refractivity contribution in [2.45, 2.75) is 24.8 Å². The zero-order valence-corrected chi connectivity index (χ0v) is 11.8. The highest BCUT2D eigenvalue weighted by molar-refractivity contribution is 7.09. The molecule has 2 heterocycles. The summed E-state index contributed by atoms with van der Waals surface area (Å²) in [7, 11) is 0. The van der Waals surface area contributed by atoms with E-state index < -0.39 is 0 Å². The fourth-order valence-corrected chi connectivity index (χ4v) is 3.41. The first-order valence-electron chi connectivity index (χ1n) is 6.73. The molecular weight excluding hydrogens is 268 g/mol. The summed E-state index contributed by atoms with van der Waals surface area (Å²) in [4.78, 5) is 1.28. The van der Waals surface area contributed by atoms with Gasteiger partial charge in [-0.1, -0.05) is 36.4 Å². The second-order valence-corrected chi connectivity index (χ2v) is 6.22. The first-order valence-corrected chi connectivity index (χ1v) is 7.61. The lowest BCUT2D eigenvalue weighted by Crippen LogP contribution is -2.17. The van der Waals surface area contributed by atoms with Gasteiger partial charge >= 0.3 is 0 Å². The smallest absolute Gasteiger partial charge is 0.162 e. The molecule has 0 saturated heterocycles. The molecule has 0 atom stereocenters. The van der Waals surface area contributed by atoms with Gasteiger partial charge in [0.25, 0.3) is 0 Å². The molecule has 0 spiro atoms. The maximum atomic E-state index is 4.31. The van der Waals surface area contributed by atoms with Crippen LogP contribution < -0.4 is 0 Å². The molecule has 0 aliphatic heterocycles. The van der Waals surface area contributed by atoms with Crippen molar-refractivity contribution >= 4 is 11.3 Å². The zero-order valence-electron chi connectivity index (χ0n) is 10.9. The Morgan fingerprint density at radius 3 is 2.65 bits per heavy atom. The van der Waals surface area contributed by atoms with E-state index in [1.165, 1.54) is 10.4 Å². The number of aromatic nitrogens is 4. The second kappa shape index (κ2) is 4.52. The van der Waals surface area contributed by atoms with Crippen LogP contribution >= 0.6 is 11.3 Å². The summed E-state index contributed by atoms with van der Waals surface area (Å²) in [6.07, 6.45) is 2.25. The van der Waals surface area contributed by atoms with E-state index >= 15 is 0 Å². The predicted octanol–water partition coefficient (Wildman–Crippen LogP) is 2.86. The maximum absolute atomic E-state index is 4.31. The number of thiophene rings is 1. The van der Waals surface area contributed by atoms with Crippen molar-refractivity contribution < 1.29 is 0 Å². The lowest BCUT2D eigenvalue weighted by molar-refractivity contribution is 0.593. The minimum absolute atomic E-state index is 0.0298. The Kier molecular flexibility index (Phi) is 2.67. The summed E-state index contributed by atoms with van der Waals surface area (Å²) >= 11 is 1.74. The highest BCUT2D eigenvalue weighted by atomic mass is 32.1. The van der Waals surface area contributed by atoms with E-state index in [-0.39, 0.29) is 5.41 Å². The Balaban J connectivity index is 1.71. The van der Waals surface area contributed by atoms with Crippen LogP contribution in [0.4, 0.5) is 0 Å². The Morgan fingerprint density at radius 2 is 1.95 bits per heavy atom. The number of hydrogen-bond donors (Lipinski definition) is 0. The van der Waals surface area contributed by atoms with Crippen LogP contribution in [0, 0.1) is 0 Å². The number of benzene rings is 1. The third-order valence-electron chi connectivity index (χ3n) is 3.92. The SMILES string of the molecule is c1ccc(C2(c3nnnn3Cc3cccs3)CC2)cc1. The summed E-state index contributed by atoms with van der Waals surface area (Å²) in [6, 6.07) is 14.8. The van der Waals surface area contributed by atoms with Crippen molar-refractivity contribution in [1.82, 2.24) is 20.2 Å². The van der Waals surface area contributed by atoms with Gasteiger partial charge in [-0.05, 0) is 40.3 Å². The lowest BCUT2D eigenvalue weighted by Gasteiger charge is -2.14. The number of hydrogen-bond acceptors (Lipinski definition) is 4. The van der Waals surface area contributed by atoms with Gasteiger partial charge in [-0.25, -0.2) is 4.68 Å². The van der Waals surface area contributed by atoms with E-state index in [9.17, 15) is 0 Å². The summed E-state index contributed by atoms with van der Waals surface area (Å²) in [5, 5.41) is 14.5. The highest BCUT2D eigenvalue weighted by Gasteiger charge is 2.50. The molecule has 4 nitrogen and oxygen atoms in total. The largest absolute Gasteiger partial charge is 0.223 e. The summed E-state index contributed by atoms with van der Waals surface area (Å²) < 4.78 is 1.95. The van der Waals surface area contributed by atoms with Gasteiger partial charge in [-0.2, -0.15) is 0 Å². The molecule has 5 heteroatoms. The van der Waals surface area contributed by atoms with E-state index in [4.69, 9.17) is 0 Å². The molecule has 0 radical (unpaired) electrons. The molecule has 0 unspecified atom stereocenters. The van der Waals surface area contributed by atoms with Crippen LogP contribution in [0.25, 0.3) is 0 Å². The van der Waals surface area contributed by atoms with Crippen LogP contribution in [-0.2, 0) is 12.0 Å². The summed E-state index contributed by atoms with van der Waals surface area (Å²) in [6.45, 7) is 0.759. The van der Waals surface area contributed by atoms with Crippen LogP contribution in [0.1, 0.15) is 29.1 Å². The van der Waals surface area contributed by atoms with Crippen LogP contribution in [0.2, 0.25) is 0 Å². The average molecular weight is 282 g/mol. The Labute approximate surface area is 121 Å². The third-order valence-corrected chi connectivity index (χ3v) is 4.78. The van der Waals surface area contributed by atoms with Crippen LogP contribution in [0.3, 0.4) is 0 Å². The van der Waals surface area contributed by atoms with E-state index in [0.29, 0.717) is 0 Å². The normalized spacial score (nSPS) is 16.2. The highest BCUT2D eigenvalue weighted by Crippen LogP contribution is 2.52. The molecule has 0 amide bonds. The standard InChI is InChI=1S/C15H14N4S/c1-2-5-12(6-3-1)15(8-9-15)14-16-17-18-19(14)11-13-7-4-10-20-13/h1-7,10H,8-9,11H2. The molecule has 1 aliphatic carbocycles.